The summed E-state index contributed by atoms with van der Waals surface area (Å²) in [6.07, 6.45) is 1.96. The fourth-order valence-corrected chi connectivity index (χ4v) is 4.75. The summed E-state index contributed by atoms with van der Waals surface area (Å²) in [5, 5.41) is 1.23. The zero-order valence-corrected chi connectivity index (χ0v) is 17.5. The van der Waals surface area contributed by atoms with Crippen LogP contribution in [0.5, 0.6) is 0 Å². The first kappa shape index (κ1) is 18.0. The van der Waals surface area contributed by atoms with Crippen molar-refractivity contribution in [1.29, 1.82) is 0 Å². The first-order chi connectivity index (χ1) is 15.3. The molecule has 0 amide bonds. The summed E-state index contributed by atoms with van der Waals surface area (Å²) in [5.41, 5.74) is 9.58. The molecule has 0 aliphatic carbocycles. The molecule has 1 aromatic heterocycles. The lowest BCUT2D eigenvalue weighted by Gasteiger charge is -2.26. The van der Waals surface area contributed by atoms with E-state index in [2.05, 4.69) is 109 Å². The minimum atomic E-state index is 0.939. The average molecular weight is 402 g/mol. The molecule has 0 N–H and O–H groups in total. The number of hydrogen-bond acceptors (Lipinski definition) is 2. The number of nitrogens with zero attached hydrogens (tertiary/aromatic N) is 1. The van der Waals surface area contributed by atoms with Crippen molar-refractivity contribution < 1.29 is 4.42 Å². The Kier molecular flexibility index (Phi) is 4.17. The van der Waals surface area contributed by atoms with Crippen LogP contribution >= 0.6 is 0 Å². The summed E-state index contributed by atoms with van der Waals surface area (Å²) >= 11 is 0. The van der Waals surface area contributed by atoms with Crippen LogP contribution in [0.2, 0.25) is 0 Å². The van der Waals surface area contributed by atoms with Crippen molar-refractivity contribution in [3.05, 3.63) is 114 Å². The molecular weight excluding hydrogens is 378 g/mol. The van der Waals surface area contributed by atoms with Crippen LogP contribution in [0.4, 0.5) is 17.3 Å². The number of anilines is 3. The van der Waals surface area contributed by atoms with E-state index >= 15 is 0 Å². The monoisotopic (exact) mass is 401 g/mol. The highest BCUT2D eigenvalue weighted by molar-refractivity contribution is 5.94. The molecular formula is C29H23NO. The van der Waals surface area contributed by atoms with Gasteiger partial charge in [0.25, 0.3) is 0 Å². The molecule has 31 heavy (non-hydrogen) atoms. The van der Waals surface area contributed by atoms with E-state index in [1.54, 1.807) is 0 Å². The van der Waals surface area contributed by atoms with Crippen LogP contribution in [-0.4, -0.2) is 0 Å². The number of rotatable bonds is 2. The van der Waals surface area contributed by atoms with Gasteiger partial charge in [0.2, 0.25) is 5.88 Å². The van der Waals surface area contributed by atoms with E-state index in [-0.39, 0.29) is 0 Å². The van der Waals surface area contributed by atoms with Gasteiger partial charge in [0, 0.05) is 16.5 Å². The Labute approximate surface area is 182 Å². The molecule has 2 nitrogen and oxygen atoms in total. The lowest BCUT2D eigenvalue weighted by atomic mass is 10.0. The molecule has 4 aromatic carbocycles. The van der Waals surface area contributed by atoms with Gasteiger partial charge >= 0.3 is 0 Å². The van der Waals surface area contributed by atoms with Crippen molar-refractivity contribution in [3.63, 3.8) is 0 Å². The van der Waals surface area contributed by atoms with Crippen LogP contribution in [-0.2, 0) is 12.8 Å². The molecule has 2 heterocycles. The Morgan fingerprint density at radius 1 is 0.710 bits per heavy atom. The van der Waals surface area contributed by atoms with E-state index in [9.17, 15) is 0 Å². The first-order valence-corrected chi connectivity index (χ1v) is 10.8. The summed E-state index contributed by atoms with van der Waals surface area (Å²) in [7, 11) is 0. The van der Waals surface area contributed by atoms with E-state index in [0.29, 0.717) is 0 Å². The van der Waals surface area contributed by atoms with Crippen molar-refractivity contribution in [3.8, 4) is 11.1 Å². The summed E-state index contributed by atoms with van der Waals surface area (Å²) in [6, 6.07) is 34.4. The summed E-state index contributed by atoms with van der Waals surface area (Å²) in [4.78, 5) is 2.33. The SMILES string of the molecule is Cc1ccc2oc3c(c2c1)CCc1ccccc1N3c1ccccc1-c1ccccc1. The maximum atomic E-state index is 6.57. The third-order valence-corrected chi connectivity index (χ3v) is 6.23. The second kappa shape index (κ2) is 7.17. The minimum Gasteiger partial charge on any atom is -0.439 e. The molecule has 0 unspecified atom stereocenters. The lowest BCUT2D eigenvalue weighted by Crippen LogP contribution is -2.11. The molecule has 0 saturated heterocycles. The van der Waals surface area contributed by atoms with E-state index in [1.807, 2.05) is 0 Å². The first-order valence-electron chi connectivity index (χ1n) is 10.8. The van der Waals surface area contributed by atoms with Crippen LogP contribution in [0.1, 0.15) is 16.7 Å². The molecule has 0 fully saturated rings. The van der Waals surface area contributed by atoms with Crippen molar-refractivity contribution in [2.45, 2.75) is 19.8 Å². The van der Waals surface area contributed by atoms with Crippen LogP contribution in [0.3, 0.4) is 0 Å². The molecule has 2 heteroatoms. The Morgan fingerprint density at radius 2 is 1.45 bits per heavy atom. The molecule has 0 atom stereocenters. The van der Waals surface area contributed by atoms with E-state index < -0.39 is 0 Å². The largest absolute Gasteiger partial charge is 0.439 e. The quantitative estimate of drug-likeness (QED) is 0.298. The average Bonchev–Trinajstić information content (AvgIpc) is 3.08. The highest BCUT2D eigenvalue weighted by Crippen LogP contribution is 2.48. The van der Waals surface area contributed by atoms with Gasteiger partial charge in [-0.15, -0.1) is 0 Å². The number of para-hydroxylation sites is 2. The predicted molar refractivity (Wildman–Crippen MR) is 128 cm³/mol. The molecule has 6 rings (SSSR count). The van der Waals surface area contributed by atoms with Gasteiger partial charge in [-0.05, 0) is 55.2 Å². The summed E-state index contributed by atoms with van der Waals surface area (Å²) in [6.45, 7) is 2.15. The molecule has 1 aliphatic rings. The van der Waals surface area contributed by atoms with Crippen molar-refractivity contribution >= 4 is 28.2 Å². The van der Waals surface area contributed by atoms with Crippen LogP contribution < -0.4 is 4.90 Å². The summed E-state index contributed by atoms with van der Waals surface area (Å²) in [5.74, 6) is 0.939. The maximum absolute atomic E-state index is 6.57. The summed E-state index contributed by atoms with van der Waals surface area (Å²) < 4.78 is 6.57. The molecule has 5 aromatic rings. The lowest BCUT2D eigenvalue weighted by molar-refractivity contribution is 0.617. The molecule has 0 bridgehead atoms. The van der Waals surface area contributed by atoms with Crippen molar-refractivity contribution in [1.82, 2.24) is 0 Å². The van der Waals surface area contributed by atoms with E-state index in [1.165, 1.54) is 38.9 Å². The standard InChI is InChI=1S/C29H23NO/c1-20-15-18-28-25(19-20)24-17-16-22-11-5-7-13-26(22)30(29(24)31-28)27-14-8-6-12-23(27)21-9-3-2-4-10-21/h2-15,18-19H,16-17H2,1H3. The number of hydrogen-bond donors (Lipinski definition) is 0. The second-order valence-electron chi connectivity index (χ2n) is 8.23. The van der Waals surface area contributed by atoms with Gasteiger partial charge in [0.15, 0.2) is 0 Å². The number of aryl methyl sites for hydroxylation is 3. The van der Waals surface area contributed by atoms with Gasteiger partial charge in [0.05, 0.1) is 11.4 Å². The van der Waals surface area contributed by atoms with Crippen molar-refractivity contribution in [2.24, 2.45) is 0 Å². The zero-order valence-electron chi connectivity index (χ0n) is 17.5. The third-order valence-electron chi connectivity index (χ3n) is 6.23. The maximum Gasteiger partial charge on any atom is 0.209 e. The van der Waals surface area contributed by atoms with E-state index in [4.69, 9.17) is 4.42 Å². The van der Waals surface area contributed by atoms with Crippen LogP contribution in [0.15, 0.2) is 101 Å². The highest BCUT2D eigenvalue weighted by atomic mass is 16.4. The van der Waals surface area contributed by atoms with Crippen LogP contribution in [0.25, 0.3) is 22.1 Å². The normalized spacial score (nSPS) is 13.0. The number of benzene rings is 4. The molecule has 0 radical (unpaired) electrons. The van der Waals surface area contributed by atoms with Gasteiger partial charge in [-0.2, -0.15) is 0 Å². The van der Waals surface area contributed by atoms with Crippen molar-refractivity contribution in [2.75, 3.05) is 4.90 Å². The van der Waals surface area contributed by atoms with Gasteiger partial charge in [-0.3, -0.25) is 4.90 Å². The Balaban J connectivity index is 1.67. The van der Waals surface area contributed by atoms with E-state index in [0.717, 1.165) is 30.0 Å². The van der Waals surface area contributed by atoms with Crippen LogP contribution in [0, 0.1) is 6.92 Å². The Bertz CT molecular complexity index is 1400. The number of furan rings is 1. The Morgan fingerprint density at radius 3 is 2.32 bits per heavy atom. The minimum absolute atomic E-state index is 0.939. The van der Waals surface area contributed by atoms with Gasteiger partial charge in [-0.25, -0.2) is 0 Å². The Hall–Kier alpha value is -3.78. The van der Waals surface area contributed by atoms with Gasteiger partial charge < -0.3 is 4.42 Å². The number of fused-ring (bicyclic) bond motifs is 4. The topological polar surface area (TPSA) is 16.4 Å². The smallest absolute Gasteiger partial charge is 0.209 e. The molecule has 150 valence electrons. The third kappa shape index (κ3) is 2.95. The predicted octanol–water partition coefficient (Wildman–Crippen LogP) is 7.98. The zero-order chi connectivity index (χ0) is 20.8. The fraction of sp³-hybridized carbons (Fsp3) is 0.103. The fourth-order valence-electron chi connectivity index (χ4n) is 4.75. The second-order valence-corrected chi connectivity index (χ2v) is 8.23. The molecule has 0 spiro atoms. The van der Waals surface area contributed by atoms with Gasteiger partial charge in [-0.1, -0.05) is 78.4 Å². The van der Waals surface area contributed by atoms with Gasteiger partial charge in [0.1, 0.15) is 5.58 Å². The molecule has 1 aliphatic heterocycles. The highest BCUT2D eigenvalue weighted by Gasteiger charge is 2.28. The molecule has 0 saturated carbocycles.